The van der Waals surface area contributed by atoms with Gasteiger partial charge in [-0.05, 0) is 36.8 Å². The number of ether oxygens (including phenoxy) is 4. The lowest BCUT2D eigenvalue weighted by atomic mass is 10.3. The van der Waals surface area contributed by atoms with Crippen molar-refractivity contribution in [3.05, 3.63) is 66.2 Å². The first kappa shape index (κ1) is 20.0. The number of hydrogen-bond donors (Lipinski definition) is 0. The Morgan fingerprint density at radius 1 is 1.04 bits per heavy atom. The number of esters is 1. The molecule has 2 rings (SSSR count). The number of alkyl halides is 1. The highest BCUT2D eigenvalue weighted by Gasteiger charge is 2.01. The third-order valence-corrected chi connectivity index (χ3v) is 3.67. The van der Waals surface area contributed by atoms with Gasteiger partial charge in [0.2, 0.25) is 0 Å². The first-order valence-electron chi connectivity index (χ1n) is 8.08. The molecule has 2 aromatic carbocycles. The normalized spacial score (nSPS) is 11.1. The summed E-state index contributed by atoms with van der Waals surface area (Å²) >= 11 is 3.01. The van der Waals surface area contributed by atoms with Gasteiger partial charge in [0.15, 0.2) is 6.79 Å². The molecule has 6 heteroatoms. The van der Waals surface area contributed by atoms with E-state index in [2.05, 4.69) is 15.9 Å². The molecule has 0 bridgehead atoms. The zero-order valence-electron chi connectivity index (χ0n) is 14.5. The smallest absolute Gasteiger partial charge is 0.318 e. The average Bonchev–Trinajstić information content (AvgIpc) is 2.67. The molecule has 2 aromatic rings. The molecule has 0 atom stereocenters. The summed E-state index contributed by atoms with van der Waals surface area (Å²) in [5, 5.41) is 0.159. The van der Waals surface area contributed by atoms with E-state index in [-0.39, 0.29) is 18.1 Å². The van der Waals surface area contributed by atoms with Crippen molar-refractivity contribution in [1.82, 2.24) is 0 Å². The van der Waals surface area contributed by atoms with Gasteiger partial charge in [-0.3, -0.25) is 4.79 Å². The lowest BCUT2D eigenvalue weighted by molar-refractivity contribution is -0.151. The van der Waals surface area contributed by atoms with Crippen LogP contribution >= 0.6 is 15.9 Å². The average molecular weight is 421 g/mol. The van der Waals surface area contributed by atoms with Crippen molar-refractivity contribution in [1.29, 1.82) is 0 Å². The van der Waals surface area contributed by atoms with Crippen LogP contribution in [0.4, 0.5) is 0 Å². The van der Waals surface area contributed by atoms with E-state index in [1.165, 1.54) is 0 Å². The molecule has 5 nitrogen and oxygen atoms in total. The molecule has 0 heterocycles. The van der Waals surface area contributed by atoms with Crippen LogP contribution in [0.3, 0.4) is 0 Å². The van der Waals surface area contributed by atoms with Crippen LogP contribution in [0.15, 0.2) is 66.2 Å². The fourth-order valence-electron chi connectivity index (χ4n) is 1.90. The highest BCUT2D eigenvalue weighted by Crippen LogP contribution is 2.25. The lowest BCUT2D eigenvalue weighted by Crippen LogP contribution is -2.09. The van der Waals surface area contributed by atoms with E-state index >= 15 is 0 Å². The standard InChI is InChI=1S/C20H21BrO5/c1-16(10-11-23-15-25-20(22)13-21)14-24-18-8-5-9-19(12-18)26-17-6-3-2-4-7-17/h2-10,12H,11,13-15H2,1H3. The first-order valence-corrected chi connectivity index (χ1v) is 9.20. The number of benzene rings is 2. The maximum absolute atomic E-state index is 10.9. The van der Waals surface area contributed by atoms with Crippen molar-refractivity contribution in [3.8, 4) is 17.2 Å². The Kier molecular flexibility index (Phi) is 8.72. The maximum atomic E-state index is 10.9. The molecule has 0 aliphatic carbocycles. The predicted molar refractivity (Wildman–Crippen MR) is 103 cm³/mol. The van der Waals surface area contributed by atoms with Crippen molar-refractivity contribution in [2.45, 2.75) is 6.92 Å². The molecule has 138 valence electrons. The van der Waals surface area contributed by atoms with Gasteiger partial charge in [-0.2, -0.15) is 0 Å². The Balaban J connectivity index is 1.75. The molecule has 0 spiro atoms. The Hall–Kier alpha value is -2.31. The van der Waals surface area contributed by atoms with Crippen LogP contribution in [-0.2, 0) is 14.3 Å². The van der Waals surface area contributed by atoms with Gasteiger partial charge in [-0.15, -0.1) is 0 Å². The summed E-state index contributed by atoms with van der Waals surface area (Å²) in [4.78, 5) is 10.9. The molecule has 0 aliphatic heterocycles. The predicted octanol–water partition coefficient (Wildman–Crippen LogP) is 4.72. The lowest BCUT2D eigenvalue weighted by Gasteiger charge is -2.10. The van der Waals surface area contributed by atoms with Gasteiger partial charge >= 0.3 is 5.97 Å². The second-order valence-electron chi connectivity index (χ2n) is 5.37. The largest absolute Gasteiger partial charge is 0.489 e. The Bertz CT molecular complexity index is 715. The highest BCUT2D eigenvalue weighted by molar-refractivity contribution is 9.09. The van der Waals surface area contributed by atoms with E-state index in [9.17, 15) is 4.79 Å². The number of rotatable bonds is 10. The summed E-state index contributed by atoms with van der Waals surface area (Å²) < 4.78 is 21.5. The van der Waals surface area contributed by atoms with E-state index < -0.39 is 0 Å². The molecule has 0 aliphatic rings. The fraction of sp³-hybridized carbons (Fsp3) is 0.250. The summed E-state index contributed by atoms with van der Waals surface area (Å²) in [6, 6.07) is 17.1. The molecule has 0 unspecified atom stereocenters. The van der Waals surface area contributed by atoms with Gasteiger partial charge in [-0.1, -0.05) is 46.3 Å². The summed E-state index contributed by atoms with van der Waals surface area (Å²) in [6.07, 6.45) is 1.88. The topological polar surface area (TPSA) is 54.0 Å². The Labute approximate surface area is 161 Å². The van der Waals surface area contributed by atoms with Crippen molar-refractivity contribution in [2.24, 2.45) is 0 Å². The van der Waals surface area contributed by atoms with Gasteiger partial charge in [0.1, 0.15) is 29.2 Å². The minimum absolute atomic E-state index is 0.0616. The molecule has 0 aromatic heterocycles. The highest BCUT2D eigenvalue weighted by atomic mass is 79.9. The van der Waals surface area contributed by atoms with Crippen molar-refractivity contribution >= 4 is 21.9 Å². The van der Waals surface area contributed by atoms with Crippen LogP contribution in [0.5, 0.6) is 17.2 Å². The third-order valence-electron chi connectivity index (χ3n) is 3.21. The molecule has 0 saturated heterocycles. The first-order chi connectivity index (χ1) is 12.7. The number of hydrogen-bond acceptors (Lipinski definition) is 5. The van der Waals surface area contributed by atoms with Crippen LogP contribution < -0.4 is 9.47 Å². The zero-order valence-corrected chi connectivity index (χ0v) is 16.1. The van der Waals surface area contributed by atoms with Crippen LogP contribution in [0.1, 0.15) is 6.92 Å². The number of carbonyl (C=O) groups is 1. The number of halogens is 1. The van der Waals surface area contributed by atoms with Gasteiger partial charge in [0.05, 0.1) is 6.61 Å². The second-order valence-corrected chi connectivity index (χ2v) is 5.93. The Morgan fingerprint density at radius 2 is 1.77 bits per heavy atom. The quantitative estimate of drug-likeness (QED) is 0.183. The molecule has 0 N–H and O–H groups in total. The van der Waals surface area contributed by atoms with Gasteiger partial charge in [0.25, 0.3) is 0 Å². The van der Waals surface area contributed by atoms with Crippen molar-refractivity contribution < 1.29 is 23.7 Å². The van der Waals surface area contributed by atoms with E-state index in [1.54, 1.807) is 0 Å². The fourth-order valence-corrected chi connectivity index (χ4v) is 2.07. The maximum Gasteiger partial charge on any atom is 0.318 e. The Morgan fingerprint density at radius 3 is 2.54 bits per heavy atom. The van der Waals surface area contributed by atoms with Crippen LogP contribution in [0.25, 0.3) is 0 Å². The zero-order chi connectivity index (χ0) is 18.6. The third kappa shape index (κ3) is 7.72. The number of carbonyl (C=O) groups excluding carboxylic acids is 1. The van der Waals surface area contributed by atoms with Crippen LogP contribution in [0.2, 0.25) is 0 Å². The summed E-state index contributed by atoms with van der Waals surface area (Å²) in [5.74, 6) is 1.86. The van der Waals surface area contributed by atoms with Gasteiger partial charge in [-0.25, -0.2) is 0 Å². The summed E-state index contributed by atoms with van der Waals surface area (Å²) in [5.41, 5.74) is 1.01. The van der Waals surface area contributed by atoms with E-state index in [0.29, 0.717) is 19.0 Å². The second kappa shape index (κ2) is 11.3. The van der Waals surface area contributed by atoms with E-state index in [4.69, 9.17) is 18.9 Å². The van der Waals surface area contributed by atoms with Crippen molar-refractivity contribution in [2.75, 3.05) is 25.3 Å². The monoisotopic (exact) mass is 420 g/mol. The van der Waals surface area contributed by atoms with Gasteiger partial charge < -0.3 is 18.9 Å². The summed E-state index contributed by atoms with van der Waals surface area (Å²) in [6.45, 7) is 2.66. The number of para-hydroxylation sites is 1. The van der Waals surface area contributed by atoms with Crippen LogP contribution in [0, 0.1) is 0 Å². The summed E-state index contributed by atoms with van der Waals surface area (Å²) in [7, 11) is 0. The molecule has 0 saturated carbocycles. The van der Waals surface area contributed by atoms with Crippen molar-refractivity contribution in [3.63, 3.8) is 0 Å². The minimum atomic E-state index is -0.355. The molecule has 0 fully saturated rings. The van der Waals surface area contributed by atoms with E-state index in [1.807, 2.05) is 67.6 Å². The van der Waals surface area contributed by atoms with Crippen LogP contribution in [-0.4, -0.2) is 31.3 Å². The van der Waals surface area contributed by atoms with E-state index in [0.717, 1.165) is 17.1 Å². The molecule has 26 heavy (non-hydrogen) atoms. The van der Waals surface area contributed by atoms with Gasteiger partial charge in [0, 0.05) is 6.07 Å². The molecular weight excluding hydrogens is 400 g/mol. The molecule has 0 radical (unpaired) electrons. The molecule has 0 amide bonds. The SMILES string of the molecule is CC(=CCOCOC(=O)CBr)COc1cccc(Oc2ccccc2)c1. The minimum Gasteiger partial charge on any atom is -0.489 e. The molecular formula is C20H21BrO5.